The Morgan fingerprint density at radius 2 is 2.06 bits per heavy atom. The van der Waals surface area contributed by atoms with Crippen molar-refractivity contribution in [2.45, 2.75) is 50.0 Å². The molecule has 4 atom stereocenters. The lowest BCUT2D eigenvalue weighted by molar-refractivity contribution is -0.153. The van der Waals surface area contributed by atoms with Crippen molar-refractivity contribution in [1.29, 1.82) is 0 Å². The number of fused-ring (bicyclic) bond motifs is 2. The zero-order valence-corrected chi connectivity index (χ0v) is 19.6. The molecule has 0 aliphatic carbocycles. The summed E-state index contributed by atoms with van der Waals surface area (Å²) in [5.41, 5.74) is 3.04. The van der Waals surface area contributed by atoms with Gasteiger partial charge < -0.3 is 19.8 Å². The van der Waals surface area contributed by atoms with Gasteiger partial charge in [0, 0.05) is 42.7 Å². The van der Waals surface area contributed by atoms with E-state index in [2.05, 4.69) is 4.90 Å². The predicted octanol–water partition coefficient (Wildman–Crippen LogP) is 2.94. The van der Waals surface area contributed by atoms with Crippen LogP contribution in [-0.2, 0) is 11.3 Å². The normalized spacial score (nSPS) is 28.9. The molecule has 2 amide bonds. The highest BCUT2D eigenvalue weighted by atomic mass is 32.2. The molecule has 1 aromatic rings. The molecule has 1 aromatic carbocycles. The maximum atomic E-state index is 12.6. The molecule has 1 N–H and O–H groups in total. The first-order valence-electron chi connectivity index (χ1n) is 11.1. The van der Waals surface area contributed by atoms with E-state index in [1.807, 2.05) is 59.7 Å². The van der Waals surface area contributed by atoms with Gasteiger partial charge in [-0.3, -0.25) is 9.59 Å². The number of carbonyl (C=O) groups is 2. The lowest BCUT2D eigenvalue weighted by Gasteiger charge is -2.44. The van der Waals surface area contributed by atoms with Crippen molar-refractivity contribution in [2.75, 3.05) is 26.2 Å². The SMILES string of the molecule is CC[C@H](O)[C@@H]1C(=O)N2C(C)=C(S[C@H]3CCN(CCN4Cc5ccccc5C4=O)C3)S[C@H]12. The van der Waals surface area contributed by atoms with Gasteiger partial charge in [0.05, 0.1) is 16.3 Å². The van der Waals surface area contributed by atoms with Gasteiger partial charge in [-0.05, 0) is 37.9 Å². The number of rotatable bonds is 7. The molecule has 8 heteroatoms. The maximum Gasteiger partial charge on any atom is 0.254 e. The molecule has 5 rings (SSSR count). The van der Waals surface area contributed by atoms with E-state index in [-0.39, 0.29) is 23.1 Å². The molecule has 4 heterocycles. The lowest BCUT2D eigenvalue weighted by Crippen LogP contribution is -2.60. The van der Waals surface area contributed by atoms with Crippen LogP contribution in [0.15, 0.2) is 34.2 Å². The fraction of sp³-hybridized carbons (Fsp3) is 0.565. The van der Waals surface area contributed by atoms with Crippen LogP contribution in [-0.4, -0.2) is 74.5 Å². The quantitative estimate of drug-likeness (QED) is 0.633. The molecule has 0 radical (unpaired) electrons. The van der Waals surface area contributed by atoms with Crippen molar-refractivity contribution in [3.8, 4) is 0 Å². The summed E-state index contributed by atoms with van der Waals surface area (Å²) in [6, 6.07) is 7.90. The smallest absolute Gasteiger partial charge is 0.254 e. The van der Waals surface area contributed by atoms with Gasteiger partial charge in [0.25, 0.3) is 5.91 Å². The summed E-state index contributed by atoms with van der Waals surface area (Å²) in [4.78, 5) is 31.3. The number of likely N-dealkylation sites (tertiary alicyclic amines) is 1. The molecular formula is C23H29N3O3S2. The number of amides is 2. The standard InChI is InChI=1S/C23H29N3O3S2/c1-3-18(27)19-21(29)26-14(2)23(31-22(19)26)30-16-8-9-24(13-16)10-11-25-12-15-6-4-5-7-17(15)20(25)28/h4-7,16,18-19,22,27H,3,8-13H2,1-2H3/t16-,18-,19+,22+/m0/s1. The third-order valence-electron chi connectivity index (χ3n) is 6.89. The zero-order chi connectivity index (χ0) is 21.7. The predicted molar refractivity (Wildman–Crippen MR) is 124 cm³/mol. The van der Waals surface area contributed by atoms with E-state index in [1.165, 1.54) is 4.24 Å². The molecule has 31 heavy (non-hydrogen) atoms. The Bertz CT molecular complexity index is 936. The van der Waals surface area contributed by atoms with Crippen molar-refractivity contribution >= 4 is 35.3 Å². The van der Waals surface area contributed by atoms with Gasteiger partial charge in [0.2, 0.25) is 5.91 Å². The molecule has 0 aromatic heterocycles. The minimum Gasteiger partial charge on any atom is -0.392 e. The van der Waals surface area contributed by atoms with E-state index in [9.17, 15) is 14.7 Å². The highest BCUT2D eigenvalue weighted by Crippen LogP contribution is 2.55. The second kappa shape index (κ2) is 8.46. The molecule has 2 fully saturated rings. The number of hydrogen-bond donors (Lipinski definition) is 1. The number of aliphatic hydroxyl groups excluding tert-OH is 1. The van der Waals surface area contributed by atoms with Crippen LogP contribution < -0.4 is 0 Å². The fourth-order valence-electron chi connectivity index (χ4n) is 4.99. The molecule has 2 saturated heterocycles. The van der Waals surface area contributed by atoms with Crippen molar-refractivity contribution < 1.29 is 14.7 Å². The number of β-lactam (4-membered cyclic amide) rings is 1. The van der Waals surface area contributed by atoms with Crippen LogP contribution in [0.5, 0.6) is 0 Å². The van der Waals surface area contributed by atoms with E-state index in [0.717, 1.165) is 56.0 Å². The second-order valence-corrected chi connectivity index (χ2v) is 11.5. The summed E-state index contributed by atoms with van der Waals surface area (Å²) in [7, 11) is 0. The molecule has 4 aliphatic heterocycles. The van der Waals surface area contributed by atoms with Gasteiger partial charge in [-0.25, -0.2) is 0 Å². The largest absolute Gasteiger partial charge is 0.392 e. The fourth-order valence-corrected chi connectivity index (χ4v) is 8.30. The first kappa shape index (κ1) is 21.4. The van der Waals surface area contributed by atoms with E-state index >= 15 is 0 Å². The van der Waals surface area contributed by atoms with Crippen molar-refractivity contribution in [2.24, 2.45) is 5.92 Å². The Morgan fingerprint density at radius 3 is 2.84 bits per heavy atom. The van der Waals surface area contributed by atoms with Crippen LogP contribution in [0.3, 0.4) is 0 Å². The highest BCUT2D eigenvalue weighted by Gasteiger charge is 2.55. The summed E-state index contributed by atoms with van der Waals surface area (Å²) in [5, 5.41) is 10.8. The molecule has 0 spiro atoms. The second-order valence-electron chi connectivity index (χ2n) is 8.80. The summed E-state index contributed by atoms with van der Waals surface area (Å²) >= 11 is 3.65. The number of hydrogen-bond acceptors (Lipinski definition) is 6. The van der Waals surface area contributed by atoms with Gasteiger partial charge in [-0.1, -0.05) is 36.9 Å². The maximum absolute atomic E-state index is 12.6. The van der Waals surface area contributed by atoms with Crippen LogP contribution in [0.1, 0.15) is 42.6 Å². The zero-order valence-electron chi connectivity index (χ0n) is 18.0. The number of aliphatic hydroxyl groups is 1. The third-order valence-corrected chi connectivity index (χ3v) is 9.95. The number of carbonyl (C=O) groups excluding carboxylic acids is 2. The Hall–Kier alpha value is -1.48. The van der Waals surface area contributed by atoms with Gasteiger partial charge in [-0.15, -0.1) is 11.8 Å². The van der Waals surface area contributed by atoms with Crippen molar-refractivity contribution in [1.82, 2.24) is 14.7 Å². The minimum absolute atomic E-state index is 0.0734. The molecular weight excluding hydrogens is 430 g/mol. The van der Waals surface area contributed by atoms with Crippen LogP contribution in [0, 0.1) is 5.92 Å². The molecule has 0 saturated carbocycles. The number of allylic oxidation sites excluding steroid dienone is 1. The van der Waals surface area contributed by atoms with Crippen molar-refractivity contribution in [3.05, 3.63) is 45.3 Å². The first-order valence-corrected chi connectivity index (χ1v) is 12.9. The molecule has 166 valence electrons. The van der Waals surface area contributed by atoms with Gasteiger partial charge in [0.1, 0.15) is 5.37 Å². The average molecular weight is 460 g/mol. The van der Waals surface area contributed by atoms with Crippen LogP contribution in [0.4, 0.5) is 0 Å². The first-order chi connectivity index (χ1) is 15.0. The van der Waals surface area contributed by atoms with Crippen LogP contribution in [0.25, 0.3) is 0 Å². The average Bonchev–Trinajstić information content (AvgIpc) is 3.42. The van der Waals surface area contributed by atoms with Crippen molar-refractivity contribution in [3.63, 3.8) is 0 Å². The van der Waals surface area contributed by atoms with E-state index in [1.54, 1.807) is 11.8 Å². The number of thioether (sulfide) groups is 2. The molecule has 0 unspecified atom stereocenters. The van der Waals surface area contributed by atoms with E-state index in [0.29, 0.717) is 11.7 Å². The monoisotopic (exact) mass is 459 g/mol. The van der Waals surface area contributed by atoms with E-state index in [4.69, 9.17) is 0 Å². The third kappa shape index (κ3) is 3.71. The molecule has 6 nitrogen and oxygen atoms in total. The lowest BCUT2D eigenvalue weighted by atomic mass is 9.90. The summed E-state index contributed by atoms with van der Waals surface area (Å²) in [5.74, 6) is -0.0311. The summed E-state index contributed by atoms with van der Waals surface area (Å²) in [6.07, 6.45) is 1.20. The molecule has 4 aliphatic rings. The minimum atomic E-state index is -0.542. The molecule has 0 bridgehead atoms. The number of benzene rings is 1. The van der Waals surface area contributed by atoms with Crippen LogP contribution >= 0.6 is 23.5 Å². The van der Waals surface area contributed by atoms with Gasteiger partial charge in [-0.2, -0.15) is 0 Å². The topological polar surface area (TPSA) is 64.1 Å². The highest BCUT2D eigenvalue weighted by molar-refractivity contribution is 8.23. The van der Waals surface area contributed by atoms with E-state index < -0.39 is 6.10 Å². The summed E-state index contributed by atoms with van der Waals surface area (Å²) < 4.78 is 1.24. The Kier molecular flexibility index (Phi) is 5.83. The summed E-state index contributed by atoms with van der Waals surface area (Å²) in [6.45, 7) is 8.41. The van der Waals surface area contributed by atoms with Crippen LogP contribution in [0.2, 0.25) is 0 Å². The Balaban J connectivity index is 1.12. The van der Waals surface area contributed by atoms with Gasteiger partial charge in [0.15, 0.2) is 0 Å². The Morgan fingerprint density at radius 1 is 1.26 bits per heavy atom. The number of nitrogens with zero attached hydrogens (tertiary/aromatic N) is 3. The Labute approximate surface area is 192 Å². The van der Waals surface area contributed by atoms with Gasteiger partial charge >= 0.3 is 0 Å².